The molecule has 0 saturated carbocycles. The third-order valence-electron chi connectivity index (χ3n) is 3.80. The van der Waals surface area contributed by atoms with Gasteiger partial charge in [0.15, 0.2) is 5.82 Å². The van der Waals surface area contributed by atoms with Crippen LogP contribution in [0.15, 0.2) is 55.0 Å². The van der Waals surface area contributed by atoms with E-state index >= 15 is 0 Å². The Morgan fingerprint density at radius 3 is 2.46 bits per heavy atom. The Labute approximate surface area is 158 Å². The first-order valence-electron chi connectivity index (χ1n) is 8.28. The first kappa shape index (κ1) is 19.5. The van der Waals surface area contributed by atoms with E-state index in [-0.39, 0.29) is 17.9 Å². The number of benzene rings is 1. The molecule has 7 nitrogen and oxygen atoms in total. The fourth-order valence-corrected chi connectivity index (χ4v) is 2.55. The van der Waals surface area contributed by atoms with Crippen LogP contribution < -0.4 is 10.1 Å². The molecule has 1 aromatic carbocycles. The maximum Gasteiger partial charge on any atom is 0.573 e. The zero-order valence-corrected chi connectivity index (χ0v) is 14.7. The first-order valence-corrected chi connectivity index (χ1v) is 8.28. The highest BCUT2D eigenvalue weighted by Crippen LogP contribution is 2.25. The molecule has 3 rings (SSSR count). The number of amides is 1. The number of nitrogens with one attached hydrogen (secondary N) is 1. The Hall–Kier alpha value is -3.27. The summed E-state index contributed by atoms with van der Waals surface area (Å²) in [5, 5.41) is 16.0. The molecule has 0 spiro atoms. The number of aliphatic hydroxyl groups is 1. The zero-order chi connectivity index (χ0) is 20.3. The van der Waals surface area contributed by atoms with Gasteiger partial charge in [0, 0.05) is 18.4 Å². The molecule has 1 amide bonds. The average molecular weight is 394 g/mol. The lowest BCUT2D eigenvalue weighted by molar-refractivity contribution is -0.274. The van der Waals surface area contributed by atoms with E-state index in [1.807, 2.05) is 0 Å². The molecular formula is C18H17F3N4O3. The van der Waals surface area contributed by atoms with E-state index in [9.17, 15) is 18.0 Å². The van der Waals surface area contributed by atoms with Gasteiger partial charge in [-0.25, -0.2) is 4.68 Å². The lowest BCUT2D eigenvalue weighted by atomic mass is 10.2. The minimum atomic E-state index is -4.78. The van der Waals surface area contributed by atoms with Crippen molar-refractivity contribution < 1.29 is 27.8 Å². The zero-order valence-electron chi connectivity index (χ0n) is 14.7. The molecule has 0 bridgehead atoms. The molecule has 1 atom stereocenters. The predicted molar refractivity (Wildman–Crippen MR) is 93.6 cm³/mol. The van der Waals surface area contributed by atoms with Gasteiger partial charge in [-0.15, -0.1) is 13.2 Å². The monoisotopic (exact) mass is 394 g/mol. The Morgan fingerprint density at radius 1 is 1.25 bits per heavy atom. The van der Waals surface area contributed by atoms with Gasteiger partial charge >= 0.3 is 6.36 Å². The van der Waals surface area contributed by atoms with Crippen molar-refractivity contribution in [3.8, 4) is 17.3 Å². The van der Waals surface area contributed by atoms with Crippen LogP contribution in [0.3, 0.4) is 0 Å². The normalized spacial score (nSPS) is 12.6. The van der Waals surface area contributed by atoms with Crippen molar-refractivity contribution in [3.63, 3.8) is 0 Å². The molecular weight excluding hydrogens is 377 g/mol. The van der Waals surface area contributed by atoms with Crippen molar-refractivity contribution in [2.24, 2.45) is 0 Å². The van der Waals surface area contributed by atoms with Crippen molar-refractivity contribution in [1.82, 2.24) is 19.7 Å². The van der Waals surface area contributed by atoms with Crippen molar-refractivity contribution in [3.05, 3.63) is 60.6 Å². The number of halogens is 3. The second kappa shape index (κ2) is 7.77. The number of nitrogens with zero attached hydrogens (tertiary/aromatic N) is 3. The lowest BCUT2D eigenvalue weighted by Gasteiger charge is -2.14. The number of alkyl halides is 3. The topological polar surface area (TPSA) is 81.3 Å². The van der Waals surface area contributed by atoms with Crippen LogP contribution in [0.2, 0.25) is 0 Å². The van der Waals surface area contributed by atoms with E-state index in [0.29, 0.717) is 11.5 Å². The maximum absolute atomic E-state index is 12.6. The quantitative estimate of drug-likeness (QED) is 0.674. The second-order valence-corrected chi connectivity index (χ2v) is 5.98. The lowest BCUT2D eigenvalue weighted by Crippen LogP contribution is -2.35. The summed E-state index contributed by atoms with van der Waals surface area (Å²) in [6, 6.07) is 8.20. The number of carbonyl (C=O) groups is 1. The Morgan fingerprint density at radius 2 is 1.89 bits per heavy atom. The van der Waals surface area contributed by atoms with Crippen molar-refractivity contribution in [2.75, 3.05) is 6.61 Å². The summed E-state index contributed by atoms with van der Waals surface area (Å²) in [5.41, 5.74) is 0.680. The van der Waals surface area contributed by atoms with Crippen LogP contribution in [0.1, 0.15) is 17.3 Å². The molecule has 10 heteroatoms. The van der Waals surface area contributed by atoms with Gasteiger partial charge in [0.1, 0.15) is 11.3 Å². The molecule has 0 aliphatic rings. The summed E-state index contributed by atoms with van der Waals surface area (Å²) in [5.74, 6) is -0.397. The van der Waals surface area contributed by atoms with Gasteiger partial charge in [0.2, 0.25) is 0 Å². The highest BCUT2D eigenvalue weighted by Gasteiger charge is 2.31. The van der Waals surface area contributed by atoms with E-state index in [2.05, 4.69) is 15.2 Å². The average Bonchev–Trinajstić information content (AvgIpc) is 3.30. The summed E-state index contributed by atoms with van der Waals surface area (Å²) in [6.07, 6.45) is -0.00510. The third kappa shape index (κ3) is 4.34. The van der Waals surface area contributed by atoms with Crippen molar-refractivity contribution >= 4 is 5.91 Å². The predicted octanol–water partition coefficient (Wildman–Crippen LogP) is 2.67. The van der Waals surface area contributed by atoms with E-state index in [0.717, 1.165) is 12.1 Å². The minimum Gasteiger partial charge on any atom is -0.406 e. The van der Waals surface area contributed by atoms with Crippen molar-refractivity contribution in [2.45, 2.75) is 19.3 Å². The van der Waals surface area contributed by atoms with Crippen LogP contribution in [0.25, 0.3) is 11.5 Å². The van der Waals surface area contributed by atoms with E-state index in [1.165, 1.54) is 23.0 Å². The van der Waals surface area contributed by atoms with Gasteiger partial charge in [-0.05, 0) is 43.3 Å². The van der Waals surface area contributed by atoms with Crippen LogP contribution in [0.4, 0.5) is 13.2 Å². The second-order valence-electron chi connectivity index (χ2n) is 5.98. The standard InChI is InChI=1S/C18H17F3N4O3/c1-12(11-26)23-16(27)15-10-22-25(17(15)24-8-2-3-9-24)13-4-6-14(7-5-13)28-18(19,20)21/h2-10,12,26H,11H2,1H3,(H,23,27)/t12-/m1/s1. The molecule has 0 unspecified atom stereocenters. The molecule has 0 radical (unpaired) electrons. The Balaban J connectivity index is 1.99. The molecule has 2 N–H and O–H groups in total. The first-order chi connectivity index (χ1) is 13.3. The largest absolute Gasteiger partial charge is 0.573 e. The van der Waals surface area contributed by atoms with Gasteiger partial charge < -0.3 is 19.7 Å². The summed E-state index contributed by atoms with van der Waals surface area (Å²) >= 11 is 0. The van der Waals surface area contributed by atoms with E-state index in [4.69, 9.17) is 5.11 Å². The fourth-order valence-electron chi connectivity index (χ4n) is 2.55. The van der Waals surface area contributed by atoms with Gasteiger partial charge in [0.05, 0.1) is 18.5 Å². The van der Waals surface area contributed by atoms with E-state index < -0.39 is 18.3 Å². The smallest absolute Gasteiger partial charge is 0.406 e. The number of aromatic nitrogens is 3. The fraction of sp³-hybridized carbons (Fsp3) is 0.222. The van der Waals surface area contributed by atoms with Gasteiger partial charge in [-0.3, -0.25) is 4.79 Å². The van der Waals surface area contributed by atoms with Crippen LogP contribution in [0.5, 0.6) is 5.75 Å². The Kier molecular flexibility index (Phi) is 5.41. The summed E-state index contributed by atoms with van der Waals surface area (Å²) < 4.78 is 44.0. The van der Waals surface area contributed by atoms with Gasteiger partial charge in [-0.1, -0.05) is 0 Å². The minimum absolute atomic E-state index is 0.223. The molecule has 148 valence electrons. The van der Waals surface area contributed by atoms with Crippen LogP contribution in [-0.2, 0) is 0 Å². The maximum atomic E-state index is 12.6. The number of hydrogen-bond acceptors (Lipinski definition) is 4. The summed E-state index contributed by atoms with van der Waals surface area (Å²) in [6.45, 7) is 1.43. The molecule has 28 heavy (non-hydrogen) atoms. The number of hydrogen-bond donors (Lipinski definition) is 2. The molecule has 0 fully saturated rings. The highest BCUT2D eigenvalue weighted by molar-refractivity contribution is 5.97. The van der Waals surface area contributed by atoms with Gasteiger partial charge in [0.25, 0.3) is 5.91 Å². The van der Waals surface area contributed by atoms with Crippen molar-refractivity contribution in [1.29, 1.82) is 0 Å². The molecule has 2 heterocycles. The molecule has 3 aromatic rings. The number of ether oxygens (including phenoxy) is 1. The van der Waals surface area contributed by atoms with Crippen LogP contribution >= 0.6 is 0 Å². The van der Waals surface area contributed by atoms with E-state index in [1.54, 1.807) is 36.0 Å². The van der Waals surface area contributed by atoms with Gasteiger partial charge in [-0.2, -0.15) is 5.10 Å². The molecule has 0 saturated heterocycles. The SMILES string of the molecule is C[C@H](CO)NC(=O)c1cnn(-c2ccc(OC(F)(F)F)cc2)c1-n1cccc1. The third-order valence-corrected chi connectivity index (χ3v) is 3.80. The number of carbonyl (C=O) groups excluding carboxylic acids is 1. The molecule has 0 aliphatic heterocycles. The number of rotatable bonds is 6. The molecule has 2 aromatic heterocycles. The highest BCUT2D eigenvalue weighted by atomic mass is 19.4. The summed E-state index contributed by atoms with van der Waals surface area (Å²) in [4.78, 5) is 12.6. The van der Waals surface area contributed by atoms with Crippen LogP contribution in [0, 0.1) is 0 Å². The Bertz CT molecular complexity index is 934. The molecule has 0 aliphatic carbocycles. The van der Waals surface area contributed by atoms with Crippen LogP contribution in [-0.4, -0.2) is 44.4 Å². The number of aliphatic hydroxyl groups excluding tert-OH is 1. The summed E-state index contributed by atoms with van der Waals surface area (Å²) in [7, 11) is 0.